The number of anilines is 3. The van der Waals surface area contributed by atoms with Gasteiger partial charge in [-0.15, -0.1) is 0 Å². The van der Waals surface area contributed by atoms with Crippen LogP contribution >= 0.6 is 0 Å². The van der Waals surface area contributed by atoms with Gasteiger partial charge in [-0.2, -0.15) is 0 Å². The van der Waals surface area contributed by atoms with Crippen molar-refractivity contribution < 1.29 is 14.6 Å². The Balaban J connectivity index is 1.44. The maximum absolute atomic E-state index is 11.8. The van der Waals surface area contributed by atoms with E-state index in [1.807, 2.05) is 48.5 Å². The number of fused-ring (bicyclic) bond motifs is 1. The van der Waals surface area contributed by atoms with E-state index in [0.29, 0.717) is 17.2 Å². The molecule has 1 aliphatic rings. The van der Waals surface area contributed by atoms with Crippen LogP contribution in [0.15, 0.2) is 67.1 Å². The number of pyridine rings is 1. The van der Waals surface area contributed by atoms with Crippen LogP contribution in [0.4, 0.5) is 17.3 Å². The van der Waals surface area contributed by atoms with Gasteiger partial charge in [-0.1, -0.05) is 12.1 Å². The first-order chi connectivity index (χ1) is 15.7. The van der Waals surface area contributed by atoms with Crippen molar-refractivity contribution in [2.75, 3.05) is 36.5 Å². The van der Waals surface area contributed by atoms with Crippen molar-refractivity contribution in [3.05, 3.63) is 72.7 Å². The summed E-state index contributed by atoms with van der Waals surface area (Å²) in [5.74, 6) is -0.747. The van der Waals surface area contributed by atoms with Crippen LogP contribution in [0.2, 0.25) is 0 Å². The van der Waals surface area contributed by atoms with Crippen LogP contribution in [0.3, 0.4) is 0 Å². The SMILES string of the molecule is O=C(O)c1cnc(Nc2ccc(N3CCOCC3)cc2)nc1-c1ccc2ccncc2c1. The van der Waals surface area contributed by atoms with Crippen LogP contribution in [0.1, 0.15) is 10.4 Å². The minimum atomic E-state index is -1.08. The fourth-order valence-electron chi connectivity index (χ4n) is 3.76. The van der Waals surface area contributed by atoms with Crippen LogP contribution in [-0.2, 0) is 4.74 Å². The standard InChI is InChI=1S/C24H21N5O3/c30-23(31)21-15-26-24(27-19-3-5-20(6-4-19)29-9-11-32-12-10-29)28-22(21)17-2-1-16-7-8-25-14-18(16)13-17/h1-8,13-15H,9-12H2,(H,30,31)(H,26,27,28). The molecule has 0 aliphatic carbocycles. The first kappa shape index (κ1) is 19.9. The van der Waals surface area contributed by atoms with Gasteiger partial charge in [0.25, 0.3) is 0 Å². The average Bonchev–Trinajstić information content (AvgIpc) is 2.84. The van der Waals surface area contributed by atoms with Crippen molar-refractivity contribution >= 4 is 34.1 Å². The second-order valence-corrected chi connectivity index (χ2v) is 7.47. The van der Waals surface area contributed by atoms with Crippen LogP contribution in [-0.4, -0.2) is 52.3 Å². The Kier molecular flexibility index (Phi) is 5.35. The van der Waals surface area contributed by atoms with E-state index in [0.717, 1.165) is 48.5 Å². The number of nitrogens with one attached hydrogen (secondary N) is 1. The van der Waals surface area contributed by atoms with E-state index < -0.39 is 5.97 Å². The summed E-state index contributed by atoms with van der Waals surface area (Å²) < 4.78 is 5.41. The van der Waals surface area contributed by atoms with Crippen molar-refractivity contribution in [1.29, 1.82) is 0 Å². The van der Waals surface area contributed by atoms with Crippen LogP contribution < -0.4 is 10.2 Å². The van der Waals surface area contributed by atoms with Crippen molar-refractivity contribution in [3.8, 4) is 11.3 Å². The molecule has 0 spiro atoms. The zero-order chi connectivity index (χ0) is 21.9. The second-order valence-electron chi connectivity index (χ2n) is 7.47. The molecule has 0 atom stereocenters. The molecule has 0 saturated carbocycles. The topological polar surface area (TPSA) is 100 Å². The number of aromatic nitrogens is 3. The number of nitrogens with zero attached hydrogens (tertiary/aromatic N) is 4. The summed E-state index contributed by atoms with van der Waals surface area (Å²) in [6.07, 6.45) is 4.81. The molecule has 5 rings (SSSR count). The molecule has 8 nitrogen and oxygen atoms in total. The molecule has 32 heavy (non-hydrogen) atoms. The predicted octanol–water partition coefficient (Wildman–Crippen LogP) is 3.97. The Hall–Kier alpha value is -4.04. The number of ether oxygens (including phenoxy) is 1. The predicted molar refractivity (Wildman–Crippen MR) is 122 cm³/mol. The van der Waals surface area contributed by atoms with Gasteiger partial charge in [0.1, 0.15) is 5.56 Å². The molecule has 1 fully saturated rings. The number of benzene rings is 2. The highest BCUT2D eigenvalue weighted by molar-refractivity contribution is 5.96. The van der Waals surface area contributed by atoms with Crippen LogP contribution in [0.5, 0.6) is 0 Å². The van der Waals surface area contributed by atoms with Gasteiger partial charge in [0.05, 0.1) is 18.9 Å². The molecule has 0 unspecified atom stereocenters. The molecule has 0 amide bonds. The molecule has 1 saturated heterocycles. The molecule has 4 aromatic rings. The van der Waals surface area contributed by atoms with Gasteiger partial charge in [-0.3, -0.25) is 4.98 Å². The summed E-state index contributed by atoms with van der Waals surface area (Å²) in [5.41, 5.74) is 3.04. The molecule has 2 aromatic heterocycles. The van der Waals surface area contributed by atoms with Crippen molar-refractivity contribution in [3.63, 3.8) is 0 Å². The molecule has 160 valence electrons. The molecule has 2 aromatic carbocycles. The Labute approximate surface area is 184 Å². The van der Waals surface area contributed by atoms with Gasteiger partial charge >= 0.3 is 5.97 Å². The normalized spacial score (nSPS) is 13.8. The van der Waals surface area contributed by atoms with Gasteiger partial charge in [-0.25, -0.2) is 14.8 Å². The number of aromatic carboxylic acids is 1. The molecular weight excluding hydrogens is 406 g/mol. The summed E-state index contributed by atoms with van der Waals surface area (Å²) in [7, 11) is 0. The number of carboxylic acid groups (broad SMARTS) is 1. The lowest BCUT2D eigenvalue weighted by molar-refractivity contribution is 0.0697. The first-order valence-corrected chi connectivity index (χ1v) is 10.3. The Morgan fingerprint density at radius 2 is 1.81 bits per heavy atom. The number of rotatable bonds is 5. The minimum Gasteiger partial charge on any atom is -0.478 e. The van der Waals surface area contributed by atoms with Gasteiger partial charge in [-0.05, 0) is 41.8 Å². The number of morpholine rings is 1. The molecule has 1 aliphatic heterocycles. The van der Waals surface area contributed by atoms with E-state index >= 15 is 0 Å². The molecule has 0 radical (unpaired) electrons. The van der Waals surface area contributed by atoms with Crippen molar-refractivity contribution in [1.82, 2.24) is 15.0 Å². The number of hydrogen-bond acceptors (Lipinski definition) is 7. The highest BCUT2D eigenvalue weighted by Crippen LogP contribution is 2.27. The van der Waals surface area contributed by atoms with Crippen LogP contribution in [0.25, 0.3) is 22.0 Å². The third-order valence-electron chi connectivity index (χ3n) is 5.43. The van der Waals surface area contributed by atoms with E-state index in [9.17, 15) is 9.90 Å². The maximum atomic E-state index is 11.8. The summed E-state index contributed by atoms with van der Waals surface area (Å²) in [5, 5.41) is 14.8. The van der Waals surface area contributed by atoms with E-state index in [-0.39, 0.29) is 5.56 Å². The fourth-order valence-corrected chi connectivity index (χ4v) is 3.76. The Bertz CT molecular complexity index is 1270. The number of carboxylic acids is 1. The second kappa shape index (κ2) is 8.60. The lowest BCUT2D eigenvalue weighted by atomic mass is 10.0. The fraction of sp³-hybridized carbons (Fsp3) is 0.167. The zero-order valence-electron chi connectivity index (χ0n) is 17.2. The highest BCUT2D eigenvalue weighted by Gasteiger charge is 2.16. The minimum absolute atomic E-state index is 0.0430. The van der Waals surface area contributed by atoms with Gasteiger partial charge in [0.15, 0.2) is 0 Å². The smallest absolute Gasteiger partial charge is 0.339 e. The lowest BCUT2D eigenvalue weighted by Gasteiger charge is -2.28. The molecule has 3 heterocycles. The third-order valence-corrected chi connectivity index (χ3v) is 5.43. The van der Waals surface area contributed by atoms with Crippen molar-refractivity contribution in [2.45, 2.75) is 0 Å². The lowest BCUT2D eigenvalue weighted by Crippen LogP contribution is -2.36. The molecule has 2 N–H and O–H groups in total. The summed E-state index contributed by atoms with van der Waals surface area (Å²) in [4.78, 5) is 27.0. The van der Waals surface area contributed by atoms with E-state index in [1.54, 1.807) is 12.4 Å². The van der Waals surface area contributed by atoms with Gasteiger partial charge in [0, 0.05) is 54.0 Å². The van der Waals surface area contributed by atoms with Crippen LogP contribution in [0, 0.1) is 0 Å². The summed E-state index contributed by atoms with van der Waals surface area (Å²) in [6.45, 7) is 3.21. The Morgan fingerprint density at radius 1 is 1.00 bits per heavy atom. The zero-order valence-corrected chi connectivity index (χ0v) is 17.2. The maximum Gasteiger partial charge on any atom is 0.339 e. The largest absolute Gasteiger partial charge is 0.478 e. The third kappa shape index (κ3) is 4.08. The average molecular weight is 427 g/mol. The molecular formula is C24H21N5O3. The monoisotopic (exact) mass is 427 g/mol. The first-order valence-electron chi connectivity index (χ1n) is 10.3. The summed E-state index contributed by atoms with van der Waals surface area (Å²) >= 11 is 0. The van der Waals surface area contributed by atoms with E-state index in [2.05, 4.69) is 25.2 Å². The quantitative estimate of drug-likeness (QED) is 0.493. The van der Waals surface area contributed by atoms with Gasteiger partial charge in [0.2, 0.25) is 5.95 Å². The van der Waals surface area contributed by atoms with Crippen molar-refractivity contribution in [2.24, 2.45) is 0 Å². The highest BCUT2D eigenvalue weighted by atomic mass is 16.5. The van der Waals surface area contributed by atoms with E-state index in [1.165, 1.54) is 6.20 Å². The molecule has 8 heteroatoms. The molecule has 0 bridgehead atoms. The summed E-state index contributed by atoms with van der Waals surface area (Å²) in [6, 6.07) is 15.6. The number of carbonyl (C=O) groups is 1. The Morgan fingerprint density at radius 3 is 2.59 bits per heavy atom. The number of hydrogen-bond donors (Lipinski definition) is 2. The van der Waals surface area contributed by atoms with Gasteiger partial charge < -0.3 is 20.1 Å². The van der Waals surface area contributed by atoms with E-state index in [4.69, 9.17) is 4.74 Å².